The standard InChI is InChI=1S/C26H29FO3/c27-22-12-8-10-20(19-22)9-4-3-6-13-24-21(15-18-25(24)28)11-5-1-2-7-14-26(29)30-23-16-17-23/h1,3,5-6,8,10,12-13,15,18-19,21,23H,2,4,7,9,11,14,16-17H2/b5-1-,6-3+,24-13+. The van der Waals surface area contributed by atoms with Crippen LogP contribution in [-0.2, 0) is 20.7 Å². The van der Waals surface area contributed by atoms with Gasteiger partial charge in [-0.15, -0.1) is 0 Å². The lowest BCUT2D eigenvalue weighted by atomic mass is 9.97. The fraction of sp³-hybridized carbons (Fsp3) is 0.385. The number of carbonyl (C=O) groups is 2. The third-order valence-electron chi connectivity index (χ3n) is 5.20. The van der Waals surface area contributed by atoms with E-state index in [1.165, 1.54) is 6.07 Å². The molecule has 1 fully saturated rings. The minimum Gasteiger partial charge on any atom is -0.462 e. The van der Waals surface area contributed by atoms with Gasteiger partial charge in [-0.05, 0) is 68.7 Å². The Hall–Kier alpha value is -2.75. The number of ketones is 1. The molecule has 1 unspecified atom stereocenters. The molecule has 3 nitrogen and oxygen atoms in total. The Morgan fingerprint density at radius 3 is 2.83 bits per heavy atom. The molecular weight excluding hydrogens is 379 g/mol. The molecule has 0 spiro atoms. The second kappa shape index (κ2) is 11.4. The van der Waals surface area contributed by atoms with Crippen LogP contribution in [0.2, 0.25) is 0 Å². The zero-order valence-corrected chi connectivity index (χ0v) is 17.3. The van der Waals surface area contributed by atoms with Crippen molar-refractivity contribution in [1.82, 2.24) is 0 Å². The number of ether oxygens (including phenoxy) is 1. The normalized spacial score (nSPS) is 20.1. The monoisotopic (exact) mass is 408 g/mol. The highest BCUT2D eigenvalue weighted by Crippen LogP contribution is 2.26. The first-order chi connectivity index (χ1) is 14.6. The molecule has 0 heterocycles. The van der Waals surface area contributed by atoms with Crippen molar-refractivity contribution in [3.8, 4) is 0 Å². The molecule has 0 N–H and O–H groups in total. The van der Waals surface area contributed by atoms with Crippen LogP contribution < -0.4 is 0 Å². The van der Waals surface area contributed by atoms with Crippen LogP contribution in [0, 0.1) is 11.7 Å². The number of aryl methyl sites for hydroxylation is 1. The Kier molecular flexibility index (Phi) is 8.37. The highest BCUT2D eigenvalue weighted by molar-refractivity contribution is 6.07. The summed E-state index contributed by atoms with van der Waals surface area (Å²) in [7, 11) is 0. The van der Waals surface area contributed by atoms with E-state index in [4.69, 9.17) is 4.74 Å². The molecule has 0 radical (unpaired) electrons. The Labute approximate surface area is 178 Å². The molecule has 0 bridgehead atoms. The van der Waals surface area contributed by atoms with E-state index < -0.39 is 0 Å². The molecule has 4 heteroatoms. The van der Waals surface area contributed by atoms with Gasteiger partial charge in [0.25, 0.3) is 0 Å². The molecule has 2 aliphatic rings. The van der Waals surface area contributed by atoms with Gasteiger partial charge in [0.2, 0.25) is 0 Å². The minimum atomic E-state index is -0.213. The minimum absolute atomic E-state index is 0.0611. The average Bonchev–Trinajstić information content (AvgIpc) is 3.47. The van der Waals surface area contributed by atoms with E-state index in [9.17, 15) is 14.0 Å². The Morgan fingerprint density at radius 1 is 1.17 bits per heavy atom. The molecule has 1 atom stereocenters. The van der Waals surface area contributed by atoms with E-state index in [2.05, 4.69) is 12.2 Å². The molecule has 0 aromatic heterocycles. The molecule has 30 heavy (non-hydrogen) atoms. The summed E-state index contributed by atoms with van der Waals surface area (Å²) in [5.74, 6) is -0.146. The zero-order chi connectivity index (χ0) is 21.2. The summed E-state index contributed by atoms with van der Waals surface area (Å²) in [6, 6.07) is 6.63. The lowest BCUT2D eigenvalue weighted by Crippen LogP contribution is -2.05. The first-order valence-electron chi connectivity index (χ1n) is 10.8. The topological polar surface area (TPSA) is 43.4 Å². The van der Waals surface area contributed by atoms with Crippen molar-refractivity contribution in [1.29, 1.82) is 0 Å². The SMILES string of the molecule is O=C(CCC/C=C\CC1C=CC(=O)/C1=C/C=C/CCc1cccc(F)c1)OC1CC1. The van der Waals surface area contributed by atoms with Gasteiger partial charge in [-0.25, -0.2) is 4.39 Å². The Morgan fingerprint density at radius 2 is 2.03 bits per heavy atom. The van der Waals surface area contributed by atoms with E-state index in [0.717, 1.165) is 56.1 Å². The third kappa shape index (κ3) is 7.58. The summed E-state index contributed by atoms with van der Waals surface area (Å²) >= 11 is 0. The van der Waals surface area contributed by atoms with E-state index in [1.54, 1.807) is 18.2 Å². The number of hydrogen-bond acceptors (Lipinski definition) is 3. The highest BCUT2D eigenvalue weighted by Gasteiger charge is 2.25. The van der Waals surface area contributed by atoms with Crippen molar-refractivity contribution in [3.63, 3.8) is 0 Å². The van der Waals surface area contributed by atoms with Crippen molar-refractivity contribution in [3.05, 3.63) is 83.8 Å². The molecule has 1 saturated carbocycles. The molecule has 2 aliphatic carbocycles. The van der Waals surface area contributed by atoms with Crippen LogP contribution in [0.3, 0.4) is 0 Å². The van der Waals surface area contributed by atoms with Gasteiger partial charge in [0.15, 0.2) is 5.78 Å². The van der Waals surface area contributed by atoms with Crippen LogP contribution in [0.1, 0.15) is 50.5 Å². The molecule has 0 aliphatic heterocycles. The predicted octanol–water partition coefficient (Wildman–Crippen LogP) is 5.82. The van der Waals surface area contributed by atoms with Crippen molar-refractivity contribution in [2.75, 3.05) is 0 Å². The van der Waals surface area contributed by atoms with Crippen LogP contribution in [0.4, 0.5) is 4.39 Å². The number of hydrogen-bond donors (Lipinski definition) is 0. The second-order valence-electron chi connectivity index (χ2n) is 7.84. The van der Waals surface area contributed by atoms with E-state index >= 15 is 0 Å². The van der Waals surface area contributed by atoms with Crippen LogP contribution in [-0.4, -0.2) is 17.9 Å². The number of unbranched alkanes of at least 4 members (excludes halogenated alkanes) is 1. The van der Waals surface area contributed by atoms with E-state index in [1.807, 2.05) is 30.4 Å². The van der Waals surface area contributed by atoms with E-state index in [0.29, 0.717) is 6.42 Å². The smallest absolute Gasteiger partial charge is 0.306 e. The van der Waals surface area contributed by atoms with Crippen LogP contribution >= 0.6 is 0 Å². The maximum absolute atomic E-state index is 13.2. The van der Waals surface area contributed by atoms with Crippen molar-refractivity contribution in [2.45, 2.75) is 57.5 Å². The number of allylic oxidation sites excluding steroid dienone is 8. The number of carbonyl (C=O) groups excluding carboxylic acids is 2. The fourth-order valence-corrected chi connectivity index (χ4v) is 3.36. The average molecular weight is 409 g/mol. The predicted molar refractivity (Wildman–Crippen MR) is 116 cm³/mol. The molecule has 1 aromatic carbocycles. The largest absolute Gasteiger partial charge is 0.462 e. The zero-order valence-electron chi connectivity index (χ0n) is 17.3. The van der Waals surface area contributed by atoms with Crippen LogP contribution in [0.5, 0.6) is 0 Å². The lowest BCUT2D eigenvalue weighted by molar-refractivity contribution is -0.144. The summed E-state index contributed by atoms with van der Waals surface area (Å²) in [6.45, 7) is 0. The lowest BCUT2D eigenvalue weighted by Gasteiger charge is -2.06. The van der Waals surface area contributed by atoms with Gasteiger partial charge in [0.05, 0.1) is 0 Å². The Balaban J connectivity index is 1.37. The van der Waals surface area contributed by atoms with Gasteiger partial charge in [0.1, 0.15) is 11.9 Å². The van der Waals surface area contributed by atoms with Crippen molar-refractivity contribution < 1.29 is 18.7 Å². The maximum Gasteiger partial charge on any atom is 0.306 e. The first-order valence-corrected chi connectivity index (χ1v) is 10.8. The summed E-state index contributed by atoms with van der Waals surface area (Å²) in [6.07, 6.45) is 20.2. The summed E-state index contributed by atoms with van der Waals surface area (Å²) in [5, 5.41) is 0. The molecule has 3 rings (SSSR count). The third-order valence-corrected chi connectivity index (χ3v) is 5.20. The molecule has 0 saturated heterocycles. The van der Waals surface area contributed by atoms with Gasteiger partial charge in [-0.3, -0.25) is 9.59 Å². The van der Waals surface area contributed by atoms with Gasteiger partial charge >= 0.3 is 5.97 Å². The number of halogens is 1. The maximum atomic E-state index is 13.2. The number of rotatable bonds is 11. The first kappa shape index (κ1) is 21.9. The summed E-state index contributed by atoms with van der Waals surface area (Å²) < 4.78 is 18.4. The van der Waals surface area contributed by atoms with Gasteiger partial charge in [-0.1, -0.05) is 48.6 Å². The van der Waals surface area contributed by atoms with Gasteiger partial charge in [-0.2, -0.15) is 0 Å². The fourth-order valence-electron chi connectivity index (χ4n) is 3.36. The molecule has 158 valence electrons. The number of esters is 1. The van der Waals surface area contributed by atoms with Gasteiger partial charge in [0, 0.05) is 17.9 Å². The quantitative estimate of drug-likeness (QED) is 0.201. The van der Waals surface area contributed by atoms with E-state index in [-0.39, 0.29) is 29.6 Å². The highest BCUT2D eigenvalue weighted by atomic mass is 19.1. The molecule has 0 amide bonds. The van der Waals surface area contributed by atoms with Crippen molar-refractivity contribution in [2.24, 2.45) is 5.92 Å². The second-order valence-corrected chi connectivity index (χ2v) is 7.84. The van der Waals surface area contributed by atoms with Crippen molar-refractivity contribution >= 4 is 11.8 Å². The molecular formula is C26H29FO3. The van der Waals surface area contributed by atoms with Crippen LogP contribution in [0.25, 0.3) is 0 Å². The summed E-state index contributed by atoms with van der Waals surface area (Å²) in [4.78, 5) is 23.6. The summed E-state index contributed by atoms with van der Waals surface area (Å²) in [5.41, 5.74) is 1.77. The number of benzene rings is 1. The molecule has 1 aromatic rings. The van der Waals surface area contributed by atoms with Gasteiger partial charge < -0.3 is 4.74 Å². The van der Waals surface area contributed by atoms with Crippen LogP contribution in [0.15, 0.2) is 72.4 Å². The Bertz CT molecular complexity index is 859.